The third kappa shape index (κ3) is 5.63. The third-order valence-corrected chi connectivity index (χ3v) is 10.0. The van der Waals surface area contributed by atoms with Gasteiger partial charge in [-0.2, -0.15) is 0 Å². The van der Waals surface area contributed by atoms with Crippen LogP contribution in [0.2, 0.25) is 5.02 Å². The van der Waals surface area contributed by atoms with Crippen molar-refractivity contribution in [2.45, 2.75) is 25.5 Å². The van der Waals surface area contributed by atoms with Crippen molar-refractivity contribution < 1.29 is 14.2 Å². The van der Waals surface area contributed by atoms with Gasteiger partial charge in [-0.3, -0.25) is 9.36 Å². The molecule has 1 aromatic heterocycles. The van der Waals surface area contributed by atoms with Gasteiger partial charge in [0.15, 0.2) is 16.3 Å². The van der Waals surface area contributed by atoms with Gasteiger partial charge >= 0.3 is 0 Å². The Morgan fingerprint density at radius 2 is 1.73 bits per heavy atom. The van der Waals surface area contributed by atoms with Crippen LogP contribution in [0.5, 0.6) is 17.2 Å². The van der Waals surface area contributed by atoms with Gasteiger partial charge in [0.2, 0.25) is 0 Å². The van der Waals surface area contributed by atoms with Gasteiger partial charge in [0.05, 0.1) is 35.0 Å². The molecule has 7 rings (SSSR count). The molecule has 0 saturated heterocycles. The molecule has 0 saturated carbocycles. The summed E-state index contributed by atoms with van der Waals surface area (Å²) in [6, 6.07) is 27.4. The van der Waals surface area contributed by atoms with E-state index in [9.17, 15) is 4.79 Å². The second kappa shape index (κ2) is 12.4. The molecule has 9 heteroatoms. The molecule has 1 aliphatic carbocycles. The number of ether oxygens (including phenoxy) is 3. The highest BCUT2D eigenvalue weighted by molar-refractivity contribution is 9.10. The quantitative estimate of drug-likeness (QED) is 0.179. The third-order valence-electron chi connectivity index (χ3n) is 8.16. The van der Waals surface area contributed by atoms with E-state index in [2.05, 4.69) is 34.1 Å². The molecule has 6 nitrogen and oxygen atoms in total. The summed E-state index contributed by atoms with van der Waals surface area (Å²) in [6.07, 6.45) is 3.61. The largest absolute Gasteiger partial charge is 0.493 e. The van der Waals surface area contributed by atoms with Crippen molar-refractivity contribution in [3.05, 3.63) is 148 Å². The number of aromatic nitrogens is 1. The van der Waals surface area contributed by atoms with Crippen LogP contribution < -0.4 is 29.1 Å². The van der Waals surface area contributed by atoms with Crippen molar-refractivity contribution >= 4 is 50.6 Å². The summed E-state index contributed by atoms with van der Waals surface area (Å²) in [5.41, 5.74) is 7.25. The fourth-order valence-electron chi connectivity index (χ4n) is 5.96. The first-order valence-corrected chi connectivity index (χ1v) is 16.4. The van der Waals surface area contributed by atoms with Crippen LogP contribution in [0.3, 0.4) is 0 Å². The van der Waals surface area contributed by atoms with E-state index in [1.54, 1.807) is 14.2 Å². The van der Waals surface area contributed by atoms with Crippen molar-refractivity contribution in [1.82, 2.24) is 4.57 Å². The molecule has 0 radical (unpaired) electrons. The highest BCUT2D eigenvalue weighted by Gasteiger charge is 2.33. The Morgan fingerprint density at radius 3 is 2.51 bits per heavy atom. The average molecular weight is 700 g/mol. The van der Waals surface area contributed by atoms with E-state index < -0.39 is 0 Å². The number of halogens is 2. The molecular weight excluding hydrogens is 672 g/mol. The number of fused-ring (bicyclic) bond motifs is 3. The summed E-state index contributed by atoms with van der Waals surface area (Å²) < 4.78 is 20.4. The van der Waals surface area contributed by atoms with E-state index in [0.717, 1.165) is 50.8 Å². The molecule has 5 aromatic rings. The molecule has 2 aliphatic rings. The van der Waals surface area contributed by atoms with E-state index in [4.69, 9.17) is 30.8 Å². The van der Waals surface area contributed by atoms with Gasteiger partial charge in [-0.25, -0.2) is 4.99 Å². The molecule has 45 heavy (non-hydrogen) atoms. The first-order valence-electron chi connectivity index (χ1n) is 14.5. The van der Waals surface area contributed by atoms with Crippen molar-refractivity contribution in [2.75, 3.05) is 14.2 Å². The molecule has 0 spiro atoms. The van der Waals surface area contributed by atoms with Gasteiger partial charge in [0.1, 0.15) is 12.4 Å². The molecular formula is C36H28BrClN2O4S. The number of benzene rings is 4. The van der Waals surface area contributed by atoms with Gasteiger partial charge in [-0.1, -0.05) is 71.5 Å². The maximum atomic E-state index is 14.2. The van der Waals surface area contributed by atoms with E-state index >= 15 is 0 Å². The van der Waals surface area contributed by atoms with Crippen LogP contribution in [0.25, 0.3) is 11.8 Å². The Hall–Kier alpha value is -4.11. The molecule has 1 aliphatic heterocycles. The molecule has 0 N–H and O–H groups in total. The molecule has 1 atom stereocenters. The molecule has 4 aromatic carbocycles. The lowest BCUT2D eigenvalue weighted by molar-refractivity contribution is 0.304. The van der Waals surface area contributed by atoms with E-state index in [-0.39, 0.29) is 11.6 Å². The monoisotopic (exact) mass is 698 g/mol. The molecule has 0 fully saturated rings. The average Bonchev–Trinajstić information content (AvgIpc) is 3.37. The Kier molecular flexibility index (Phi) is 8.12. The first-order chi connectivity index (χ1) is 21.9. The van der Waals surface area contributed by atoms with Crippen LogP contribution in [0.4, 0.5) is 0 Å². The zero-order chi connectivity index (χ0) is 31.1. The van der Waals surface area contributed by atoms with E-state index in [1.165, 1.54) is 16.9 Å². The second-order valence-electron chi connectivity index (χ2n) is 10.8. The maximum absolute atomic E-state index is 14.2. The van der Waals surface area contributed by atoms with Crippen molar-refractivity contribution in [1.29, 1.82) is 0 Å². The number of allylic oxidation sites excluding steroid dienone is 1. The smallest absolute Gasteiger partial charge is 0.271 e. The Labute approximate surface area is 277 Å². The summed E-state index contributed by atoms with van der Waals surface area (Å²) in [4.78, 5) is 20.0. The van der Waals surface area contributed by atoms with Crippen LogP contribution in [-0.4, -0.2) is 18.8 Å². The minimum Gasteiger partial charge on any atom is -0.493 e. The van der Waals surface area contributed by atoms with Crippen LogP contribution in [-0.2, 0) is 13.0 Å². The summed E-state index contributed by atoms with van der Waals surface area (Å²) >= 11 is 11.1. The Morgan fingerprint density at radius 1 is 0.956 bits per heavy atom. The number of thiazole rings is 1. The van der Waals surface area contributed by atoms with Crippen LogP contribution >= 0.6 is 38.9 Å². The number of nitrogens with zero attached hydrogens (tertiary/aromatic N) is 2. The lowest BCUT2D eigenvalue weighted by Crippen LogP contribution is -2.38. The molecule has 0 amide bonds. The Balaban J connectivity index is 1.31. The number of rotatable bonds is 7. The standard InChI is InChI=1S/C36H28BrClN2O4S/c1-42-30-16-11-24(19-31(30)43-2)34-27-14-10-23-5-3-4-6-26(23)33(27)39-36-40(34)35(41)32(45-36)18-22-9-15-29(28(37)17-22)44-20-21-7-12-25(38)13-8-21/h3-9,11-13,15-19,34H,10,14,20H2,1-2H3/b32-18-/t34-/m1/s1. The van der Waals surface area contributed by atoms with Gasteiger partial charge < -0.3 is 14.2 Å². The number of methoxy groups -OCH3 is 2. The fourth-order valence-corrected chi connectivity index (χ4v) is 7.60. The van der Waals surface area contributed by atoms with E-state index in [1.807, 2.05) is 77.4 Å². The van der Waals surface area contributed by atoms with Gasteiger partial charge in [0.25, 0.3) is 5.56 Å². The number of hydrogen-bond acceptors (Lipinski definition) is 6. The normalized spacial score (nSPS) is 15.6. The summed E-state index contributed by atoms with van der Waals surface area (Å²) in [5, 5.41) is 0.689. The molecule has 0 bridgehead atoms. The minimum absolute atomic E-state index is 0.0804. The number of hydrogen-bond donors (Lipinski definition) is 0. The second-order valence-corrected chi connectivity index (χ2v) is 13.1. The minimum atomic E-state index is -0.318. The molecule has 226 valence electrons. The van der Waals surface area contributed by atoms with Crippen LogP contribution in [0.15, 0.2) is 105 Å². The Bertz CT molecular complexity index is 2150. The van der Waals surface area contributed by atoms with E-state index in [0.29, 0.717) is 38.2 Å². The van der Waals surface area contributed by atoms with Crippen molar-refractivity contribution in [2.24, 2.45) is 4.99 Å². The number of aryl methyl sites for hydroxylation is 1. The van der Waals surface area contributed by atoms with Crippen molar-refractivity contribution in [3.8, 4) is 17.2 Å². The zero-order valence-electron chi connectivity index (χ0n) is 24.6. The molecule has 2 heterocycles. The van der Waals surface area contributed by atoms with Gasteiger partial charge in [-0.15, -0.1) is 0 Å². The van der Waals surface area contributed by atoms with Crippen LogP contribution in [0.1, 0.15) is 40.3 Å². The topological polar surface area (TPSA) is 62.0 Å². The van der Waals surface area contributed by atoms with Crippen molar-refractivity contribution in [3.63, 3.8) is 0 Å². The summed E-state index contributed by atoms with van der Waals surface area (Å²) in [7, 11) is 3.25. The highest BCUT2D eigenvalue weighted by Crippen LogP contribution is 2.42. The summed E-state index contributed by atoms with van der Waals surface area (Å²) in [5.74, 6) is 1.97. The fraction of sp³-hybridized carbons (Fsp3) is 0.167. The molecule has 0 unspecified atom stereocenters. The van der Waals surface area contributed by atoms with Gasteiger partial charge in [0, 0.05) is 10.6 Å². The van der Waals surface area contributed by atoms with Crippen LogP contribution in [0, 0.1) is 0 Å². The predicted octanol–water partition coefficient (Wildman–Crippen LogP) is 7.33. The summed E-state index contributed by atoms with van der Waals surface area (Å²) in [6.45, 7) is 0.414. The highest BCUT2D eigenvalue weighted by atomic mass is 79.9. The maximum Gasteiger partial charge on any atom is 0.271 e. The lowest BCUT2D eigenvalue weighted by Gasteiger charge is -2.31. The zero-order valence-corrected chi connectivity index (χ0v) is 27.7. The SMILES string of the molecule is COc1ccc([C@@H]2C3=C(N=c4s/c(=C\c5ccc(OCc6ccc(Cl)cc6)c(Br)c5)c(=O)n42)c2ccccc2CC3)cc1OC. The predicted molar refractivity (Wildman–Crippen MR) is 182 cm³/mol. The van der Waals surface area contributed by atoms with Gasteiger partial charge in [-0.05, 0) is 99.1 Å². The lowest BCUT2D eigenvalue weighted by atomic mass is 9.83. The first kappa shape index (κ1) is 29.6.